The molecule has 90 valence electrons. The summed E-state index contributed by atoms with van der Waals surface area (Å²) >= 11 is 3.42. The first kappa shape index (κ1) is 11.3. The highest BCUT2D eigenvalue weighted by Gasteiger charge is 2.15. The molecule has 0 saturated carbocycles. The average Bonchev–Trinajstić information content (AvgIpc) is 2.77. The minimum Gasteiger partial charge on any atom is -0.457 e. The second kappa shape index (κ2) is 4.14. The predicted molar refractivity (Wildman–Crippen MR) is 75.9 cm³/mol. The van der Waals surface area contributed by atoms with Crippen LogP contribution in [0.2, 0.25) is 0 Å². The highest BCUT2D eigenvalue weighted by atomic mass is 79.9. The van der Waals surface area contributed by atoms with Crippen LogP contribution in [0.3, 0.4) is 0 Å². The molecule has 0 radical (unpaired) electrons. The third kappa shape index (κ3) is 1.46. The van der Waals surface area contributed by atoms with Crippen LogP contribution in [0, 0.1) is 0 Å². The molecular formula is C14H10BrNO2. The minimum absolute atomic E-state index is 0.0772. The Hall–Kier alpha value is -1.81. The molecule has 0 saturated heterocycles. The number of pyridine rings is 1. The summed E-state index contributed by atoms with van der Waals surface area (Å²) in [6.07, 6.45) is 3.35. The van der Waals surface area contributed by atoms with Gasteiger partial charge in [0.15, 0.2) is 5.58 Å². The molecule has 0 spiro atoms. The van der Waals surface area contributed by atoms with Crippen molar-refractivity contribution in [1.82, 2.24) is 4.57 Å². The van der Waals surface area contributed by atoms with Crippen molar-refractivity contribution in [2.75, 3.05) is 0 Å². The molecule has 1 aromatic carbocycles. The number of nitrogens with zero attached hydrogens (tertiary/aromatic N) is 1. The molecule has 0 atom stereocenters. The van der Waals surface area contributed by atoms with Gasteiger partial charge >= 0.3 is 0 Å². The van der Waals surface area contributed by atoms with Crippen LogP contribution in [0.15, 0.2) is 56.9 Å². The first-order valence-electron chi connectivity index (χ1n) is 5.53. The molecule has 0 unspecified atom stereocenters. The fourth-order valence-corrected chi connectivity index (χ4v) is 2.69. The monoisotopic (exact) mass is 303 g/mol. The molecule has 3 nitrogen and oxygen atoms in total. The Morgan fingerprint density at radius 3 is 2.94 bits per heavy atom. The van der Waals surface area contributed by atoms with Gasteiger partial charge in [0.25, 0.3) is 0 Å². The number of rotatable bonds is 2. The second-order valence-electron chi connectivity index (χ2n) is 4.01. The van der Waals surface area contributed by atoms with Crippen LogP contribution in [0.1, 0.15) is 0 Å². The van der Waals surface area contributed by atoms with Crippen LogP contribution in [0.25, 0.3) is 22.0 Å². The van der Waals surface area contributed by atoms with E-state index in [4.69, 9.17) is 4.42 Å². The summed E-state index contributed by atoms with van der Waals surface area (Å²) < 4.78 is 8.16. The van der Waals surface area contributed by atoms with Crippen LogP contribution >= 0.6 is 15.9 Å². The molecule has 0 N–H and O–H groups in total. The zero-order valence-electron chi connectivity index (χ0n) is 9.52. The zero-order valence-corrected chi connectivity index (χ0v) is 11.1. The Morgan fingerprint density at radius 1 is 1.39 bits per heavy atom. The summed E-state index contributed by atoms with van der Waals surface area (Å²) in [6, 6.07) is 7.51. The molecule has 0 aliphatic heterocycles. The molecule has 0 aliphatic carbocycles. The van der Waals surface area contributed by atoms with Gasteiger partial charge in [-0.15, -0.1) is 6.58 Å². The number of allylic oxidation sites excluding steroid dienone is 1. The maximum atomic E-state index is 12.3. The van der Waals surface area contributed by atoms with Gasteiger partial charge in [-0.3, -0.25) is 4.79 Å². The maximum Gasteiger partial charge on any atom is 0.232 e. The fraction of sp³-hybridized carbons (Fsp3) is 0.0714. The van der Waals surface area contributed by atoms with E-state index in [9.17, 15) is 4.79 Å². The smallest absolute Gasteiger partial charge is 0.232 e. The van der Waals surface area contributed by atoms with Crippen LogP contribution in [-0.4, -0.2) is 4.57 Å². The molecule has 0 aliphatic rings. The summed E-state index contributed by atoms with van der Waals surface area (Å²) in [5.41, 5.74) is 1.96. The molecule has 18 heavy (non-hydrogen) atoms. The van der Waals surface area contributed by atoms with Crippen LogP contribution < -0.4 is 5.43 Å². The Labute approximate surface area is 111 Å². The highest BCUT2D eigenvalue weighted by molar-refractivity contribution is 9.10. The van der Waals surface area contributed by atoms with Gasteiger partial charge in [0.1, 0.15) is 11.8 Å². The standard InChI is InChI=1S/C14H10BrNO2/c1-2-7-16-11-6-4-3-5-9(11)13(17)14-12(16)10(15)8-18-14/h2-6,8H,1,7H2. The van der Waals surface area contributed by atoms with Gasteiger partial charge in [-0.2, -0.15) is 0 Å². The number of hydrogen-bond acceptors (Lipinski definition) is 2. The lowest BCUT2D eigenvalue weighted by molar-refractivity contribution is 0.610. The number of hydrogen-bond donors (Lipinski definition) is 0. The largest absolute Gasteiger partial charge is 0.457 e. The third-order valence-corrected chi connectivity index (χ3v) is 3.51. The van der Waals surface area contributed by atoms with Crippen molar-refractivity contribution in [3.05, 3.63) is 57.9 Å². The molecular weight excluding hydrogens is 294 g/mol. The Balaban J connectivity index is 2.64. The fourth-order valence-electron chi connectivity index (χ4n) is 2.21. The topological polar surface area (TPSA) is 35.1 Å². The van der Waals surface area contributed by atoms with Gasteiger partial charge < -0.3 is 8.98 Å². The van der Waals surface area contributed by atoms with E-state index in [1.165, 1.54) is 0 Å². The predicted octanol–water partition coefficient (Wildman–Crippen LogP) is 3.70. The van der Waals surface area contributed by atoms with Crippen molar-refractivity contribution in [3.63, 3.8) is 0 Å². The summed E-state index contributed by atoms with van der Waals surface area (Å²) in [5.74, 6) is 0. The molecule has 0 amide bonds. The van der Waals surface area contributed by atoms with Crippen molar-refractivity contribution in [3.8, 4) is 0 Å². The van der Waals surface area contributed by atoms with Crippen LogP contribution in [-0.2, 0) is 6.54 Å². The number of halogens is 1. The first-order valence-corrected chi connectivity index (χ1v) is 6.32. The van der Waals surface area contributed by atoms with E-state index < -0.39 is 0 Å². The lowest BCUT2D eigenvalue weighted by Gasteiger charge is -2.10. The van der Waals surface area contributed by atoms with Gasteiger partial charge in [-0.1, -0.05) is 18.2 Å². The third-order valence-electron chi connectivity index (χ3n) is 2.95. The van der Waals surface area contributed by atoms with Gasteiger partial charge in [0.2, 0.25) is 5.43 Å². The van der Waals surface area contributed by atoms with E-state index in [-0.39, 0.29) is 5.43 Å². The highest BCUT2D eigenvalue weighted by Crippen LogP contribution is 2.27. The maximum absolute atomic E-state index is 12.3. The van der Waals surface area contributed by atoms with Crippen molar-refractivity contribution >= 4 is 37.9 Å². The van der Waals surface area contributed by atoms with Crippen molar-refractivity contribution in [2.45, 2.75) is 6.54 Å². The van der Waals surface area contributed by atoms with E-state index in [1.807, 2.05) is 28.8 Å². The van der Waals surface area contributed by atoms with Gasteiger partial charge in [0, 0.05) is 11.9 Å². The van der Waals surface area contributed by atoms with E-state index >= 15 is 0 Å². The number of aromatic nitrogens is 1. The quantitative estimate of drug-likeness (QED) is 0.677. The SMILES string of the molecule is C=CCn1c2ccccc2c(=O)c2occ(Br)c21. The van der Waals surface area contributed by atoms with Crippen LogP contribution in [0.5, 0.6) is 0 Å². The zero-order chi connectivity index (χ0) is 12.7. The van der Waals surface area contributed by atoms with E-state index in [1.54, 1.807) is 12.3 Å². The summed E-state index contributed by atoms with van der Waals surface area (Å²) in [7, 11) is 0. The molecule has 0 bridgehead atoms. The molecule has 2 aromatic heterocycles. The molecule has 0 fully saturated rings. The van der Waals surface area contributed by atoms with Crippen molar-refractivity contribution < 1.29 is 4.42 Å². The number of furan rings is 1. The van der Waals surface area contributed by atoms with Gasteiger partial charge in [-0.05, 0) is 28.1 Å². The normalized spacial score (nSPS) is 11.2. The van der Waals surface area contributed by atoms with Gasteiger partial charge in [-0.25, -0.2) is 0 Å². The minimum atomic E-state index is -0.0772. The van der Waals surface area contributed by atoms with E-state index in [0.717, 1.165) is 15.5 Å². The molecule has 3 aromatic rings. The Bertz CT molecular complexity index is 814. The molecule has 4 heteroatoms. The Morgan fingerprint density at radius 2 is 2.17 bits per heavy atom. The first-order chi connectivity index (χ1) is 8.74. The molecule has 2 heterocycles. The Kier molecular flexibility index (Phi) is 2.59. The lowest BCUT2D eigenvalue weighted by Crippen LogP contribution is -2.09. The van der Waals surface area contributed by atoms with Crippen LogP contribution in [0.4, 0.5) is 0 Å². The van der Waals surface area contributed by atoms with Crippen molar-refractivity contribution in [1.29, 1.82) is 0 Å². The van der Waals surface area contributed by atoms with E-state index in [0.29, 0.717) is 17.5 Å². The molecule has 3 rings (SSSR count). The van der Waals surface area contributed by atoms with E-state index in [2.05, 4.69) is 22.5 Å². The number of para-hydroxylation sites is 1. The number of benzene rings is 1. The van der Waals surface area contributed by atoms with Crippen molar-refractivity contribution in [2.24, 2.45) is 0 Å². The average molecular weight is 304 g/mol. The number of fused-ring (bicyclic) bond motifs is 2. The second-order valence-corrected chi connectivity index (χ2v) is 4.86. The van der Waals surface area contributed by atoms with Gasteiger partial charge in [0.05, 0.1) is 9.99 Å². The summed E-state index contributed by atoms with van der Waals surface area (Å²) in [5, 5.41) is 0.661. The summed E-state index contributed by atoms with van der Waals surface area (Å²) in [6.45, 7) is 4.38. The summed E-state index contributed by atoms with van der Waals surface area (Å²) in [4.78, 5) is 12.3. The lowest BCUT2D eigenvalue weighted by atomic mass is 10.2.